The number of nitrogens with zero attached hydrogens (tertiary/aromatic N) is 1. The molecule has 0 atom stereocenters. The quantitative estimate of drug-likeness (QED) is 0.510. The Kier molecular flexibility index (Phi) is 1.67. The molecule has 1 heterocycles. The highest BCUT2D eigenvalue weighted by atomic mass is 35.5. The molecule has 0 bridgehead atoms. The van der Waals surface area contributed by atoms with E-state index in [2.05, 4.69) is 4.98 Å². The fourth-order valence-corrected chi connectivity index (χ4v) is 0.619. The van der Waals surface area contributed by atoms with Crippen LogP contribution in [0.25, 0.3) is 0 Å². The van der Waals surface area contributed by atoms with E-state index in [1.807, 2.05) is 0 Å². The molecule has 9 heavy (non-hydrogen) atoms. The Balaban J connectivity index is 3.17. The van der Waals surface area contributed by atoms with Gasteiger partial charge in [-0.2, -0.15) is 4.39 Å². The topological polar surface area (TPSA) is 12.9 Å². The lowest BCUT2D eigenvalue weighted by Gasteiger charge is -1.92. The normalized spacial score (nSPS) is 9.67. The average molecular weight is 146 g/mol. The van der Waals surface area contributed by atoms with E-state index in [1.54, 1.807) is 19.1 Å². The molecule has 0 unspecified atom stereocenters. The third-order valence-corrected chi connectivity index (χ3v) is 1.21. The second kappa shape index (κ2) is 2.31. The van der Waals surface area contributed by atoms with Gasteiger partial charge in [-0.05, 0) is 13.0 Å². The summed E-state index contributed by atoms with van der Waals surface area (Å²) >= 11 is 5.37. The van der Waals surface area contributed by atoms with Crippen molar-refractivity contribution in [3.05, 3.63) is 28.8 Å². The van der Waals surface area contributed by atoms with Gasteiger partial charge in [0.2, 0.25) is 5.95 Å². The van der Waals surface area contributed by atoms with Gasteiger partial charge >= 0.3 is 0 Å². The molecule has 0 fully saturated rings. The van der Waals surface area contributed by atoms with Crippen molar-refractivity contribution in [1.29, 1.82) is 0 Å². The Morgan fingerprint density at radius 3 is 2.67 bits per heavy atom. The predicted molar refractivity (Wildman–Crippen MR) is 33.9 cm³/mol. The third kappa shape index (κ3) is 1.39. The van der Waals surface area contributed by atoms with E-state index >= 15 is 0 Å². The highest BCUT2D eigenvalue weighted by molar-refractivity contribution is 6.29. The molecule has 0 amide bonds. The Hall–Kier alpha value is -0.630. The predicted octanol–water partition coefficient (Wildman–Crippen LogP) is 2.18. The first-order chi connectivity index (χ1) is 4.20. The fourth-order valence-electron chi connectivity index (χ4n) is 0.482. The summed E-state index contributed by atoms with van der Waals surface area (Å²) in [6.45, 7) is 1.64. The van der Waals surface area contributed by atoms with Crippen molar-refractivity contribution in [2.24, 2.45) is 0 Å². The van der Waals surface area contributed by atoms with Gasteiger partial charge < -0.3 is 0 Å². The lowest BCUT2D eigenvalue weighted by molar-refractivity contribution is 0.574. The molecule has 48 valence electrons. The summed E-state index contributed by atoms with van der Waals surface area (Å²) in [7, 11) is 0. The molecule has 1 aromatic heterocycles. The molecule has 1 nitrogen and oxygen atoms in total. The second-order valence-electron chi connectivity index (χ2n) is 1.74. The van der Waals surface area contributed by atoms with E-state index in [0.717, 1.165) is 0 Å². The number of rotatable bonds is 0. The molecule has 1 rings (SSSR count). The molecule has 0 N–H and O–H groups in total. The zero-order valence-electron chi connectivity index (χ0n) is 4.86. The molecule has 0 spiro atoms. The van der Waals surface area contributed by atoms with Crippen LogP contribution in [0.2, 0.25) is 5.15 Å². The van der Waals surface area contributed by atoms with E-state index in [1.165, 1.54) is 0 Å². The Morgan fingerprint density at radius 1 is 1.56 bits per heavy atom. The van der Waals surface area contributed by atoms with Crippen molar-refractivity contribution in [2.75, 3.05) is 0 Å². The number of aryl methyl sites for hydroxylation is 1. The minimum atomic E-state index is -0.498. The van der Waals surface area contributed by atoms with E-state index in [9.17, 15) is 4.39 Å². The van der Waals surface area contributed by atoms with Crippen LogP contribution in [0, 0.1) is 12.9 Å². The van der Waals surface area contributed by atoms with Gasteiger partial charge in [-0.1, -0.05) is 17.7 Å². The van der Waals surface area contributed by atoms with E-state index in [-0.39, 0.29) is 5.15 Å². The molecular weight excluding hydrogens is 141 g/mol. The lowest BCUT2D eigenvalue weighted by atomic mass is 10.3. The van der Waals surface area contributed by atoms with Crippen molar-refractivity contribution in [3.8, 4) is 0 Å². The van der Waals surface area contributed by atoms with Crippen molar-refractivity contribution in [1.82, 2.24) is 4.98 Å². The highest BCUT2D eigenvalue weighted by Gasteiger charge is 1.96. The minimum absolute atomic E-state index is 0.193. The molecular formula is C6H5ClFN. The summed E-state index contributed by atoms with van der Waals surface area (Å²) in [5.41, 5.74) is 0.513. The van der Waals surface area contributed by atoms with Gasteiger partial charge in [0.1, 0.15) is 5.15 Å². The molecule has 0 radical (unpaired) electrons. The van der Waals surface area contributed by atoms with Crippen LogP contribution in [0.15, 0.2) is 12.1 Å². The lowest BCUT2D eigenvalue weighted by Crippen LogP contribution is -1.85. The van der Waals surface area contributed by atoms with Crippen LogP contribution in [-0.2, 0) is 0 Å². The molecule has 0 saturated carbocycles. The molecule has 1 aromatic rings. The summed E-state index contributed by atoms with van der Waals surface area (Å²) in [6.07, 6.45) is 0. The Bertz CT molecular complexity index is 224. The molecule has 0 aliphatic heterocycles. The van der Waals surface area contributed by atoms with E-state index in [0.29, 0.717) is 5.56 Å². The van der Waals surface area contributed by atoms with Crippen molar-refractivity contribution in [3.63, 3.8) is 0 Å². The minimum Gasteiger partial charge on any atom is -0.208 e. The van der Waals surface area contributed by atoms with Gasteiger partial charge in [-0.15, -0.1) is 0 Å². The third-order valence-electron chi connectivity index (χ3n) is 1.00. The van der Waals surface area contributed by atoms with Crippen LogP contribution >= 0.6 is 11.6 Å². The van der Waals surface area contributed by atoms with Gasteiger partial charge in [0.15, 0.2) is 0 Å². The molecule has 0 aliphatic carbocycles. The van der Waals surface area contributed by atoms with Crippen molar-refractivity contribution >= 4 is 11.6 Å². The van der Waals surface area contributed by atoms with Crippen LogP contribution < -0.4 is 0 Å². The maximum Gasteiger partial charge on any atom is 0.217 e. The SMILES string of the molecule is Cc1ccc(Cl)nc1F. The monoisotopic (exact) mass is 145 g/mol. The zero-order chi connectivity index (χ0) is 6.85. The molecule has 0 saturated heterocycles. The van der Waals surface area contributed by atoms with Crippen molar-refractivity contribution < 1.29 is 4.39 Å². The number of hydrogen-bond donors (Lipinski definition) is 0. The summed E-state index contributed by atoms with van der Waals surface area (Å²) in [6, 6.07) is 3.14. The first kappa shape index (κ1) is 6.49. The van der Waals surface area contributed by atoms with Gasteiger partial charge in [0, 0.05) is 5.56 Å². The highest BCUT2D eigenvalue weighted by Crippen LogP contribution is 2.07. The second-order valence-corrected chi connectivity index (χ2v) is 2.13. The van der Waals surface area contributed by atoms with Gasteiger partial charge in [-0.3, -0.25) is 0 Å². The summed E-state index contributed by atoms with van der Waals surface area (Å²) in [5, 5.41) is 0.193. The van der Waals surface area contributed by atoms with Gasteiger partial charge in [-0.25, -0.2) is 4.98 Å². The fraction of sp³-hybridized carbons (Fsp3) is 0.167. The van der Waals surface area contributed by atoms with E-state index < -0.39 is 5.95 Å². The zero-order valence-corrected chi connectivity index (χ0v) is 5.61. The van der Waals surface area contributed by atoms with Crippen molar-refractivity contribution in [2.45, 2.75) is 6.92 Å². The number of hydrogen-bond acceptors (Lipinski definition) is 1. The van der Waals surface area contributed by atoms with Crippen LogP contribution in [0.4, 0.5) is 4.39 Å². The first-order valence-electron chi connectivity index (χ1n) is 2.49. The van der Waals surface area contributed by atoms with Crippen LogP contribution in [-0.4, -0.2) is 4.98 Å². The molecule has 0 aromatic carbocycles. The average Bonchev–Trinajstić information content (AvgIpc) is 1.80. The number of halogens is 2. The largest absolute Gasteiger partial charge is 0.217 e. The van der Waals surface area contributed by atoms with Crippen LogP contribution in [0.3, 0.4) is 0 Å². The molecule has 3 heteroatoms. The maximum absolute atomic E-state index is 12.4. The van der Waals surface area contributed by atoms with E-state index in [4.69, 9.17) is 11.6 Å². The van der Waals surface area contributed by atoms with Crippen LogP contribution in [0.1, 0.15) is 5.56 Å². The van der Waals surface area contributed by atoms with Gasteiger partial charge in [0.05, 0.1) is 0 Å². The number of aromatic nitrogens is 1. The van der Waals surface area contributed by atoms with Gasteiger partial charge in [0.25, 0.3) is 0 Å². The first-order valence-corrected chi connectivity index (χ1v) is 2.86. The Morgan fingerprint density at radius 2 is 2.22 bits per heavy atom. The number of pyridine rings is 1. The standard InChI is InChI=1S/C6H5ClFN/c1-4-2-3-5(7)9-6(4)8/h2-3H,1H3. The maximum atomic E-state index is 12.4. The molecule has 0 aliphatic rings. The summed E-state index contributed by atoms with van der Waals surface area (Å²) < 4.78 is 12.4. The smallest absolute Gasteiger partial charge is 0.208 e. The summed E-state index contributed by atoms with van der Waals surface area (Å²) in [5.74, 6) is -0.498. The Labute approximate surface area is 57.5 Å². The summed E-state index contributed by atoms with van der Waals surface area (Å²) in [4.78, 5) is 3.37. The van der Waals surface area contributed by atoms with Crippen LogP contribution in [0.5, 0.6) is 0 Å².